The van der Waals surface area contributed by atoms with Gasteiger partial charge in [-0.2, -0.15) is 26.3 Å². The first-order valence-electron chi connectivity index (χ1n) is 14.3. The molecule has 3 aliphatic rings. The second-order valence-corrected chi connectivity index (χ2v) is 11.8. The first kappa shape index (κ1) is 31.8. The number of aromatic hydroxyl groups is 2. The number of anilines is 2. The quantitative estimate of drug-likeness (QED) is 0.0943. The van der Waals surface area contributed by atoms with Crippen LogP contribution in [0.3, 0.4) is 0 Å². The molecule has 1 aliphatic heterocycles. The van der Waals surface area contributed by atoms with E-state index in [0.29, 0.717) is 47.7 Å². The zero-order chi connectivity index (χ0) is 34.2. The summed E-state index contributed by atoms with van der Waals surface area (Å²) in [6.45, 7) is 1.22. The second kappa shape index (κ2) is 10.7. The van der Waals surface area contributed by atoms with Gasteiger partial charge in [0, 0.05) is 11.1 Å². The van der Waals surface area contributed by atoms with Crippen molar-refractivity contribution in [2.24, 2.45) is 23.7 Å². The molecule has 3 N–H and O–H groups in total. The van der Waals surface area contributed by atoms with Crippen LogP contribution in [-0.2, 0) is 15.0 Å². The number of rotatable bonds is 6. The topological polar surface area (TPSA) is 124 Å². The monoisotopic (exact) mass is 658 g/mol. The van der Waals surface area contributed by atoms with Crippen LogP contribution in [0.2, 0.25) is 0 Å². The highest BCUT2D eigenvalue weighted by Crippen LogP contribution is 2.59. The largest absolute Gasteiger partial charge is 0.506 e. The van der Waals surface area contributed by atoms with E-state index in [9.17, 15) is 29.4 Å². The van der Waals surface area contributed by atoms with E-state index in [1.165, 1.54) is 25.1 Å². The highest BCUT2D eigenvalue weighted by molar-refractivity contribution is 6.23. The Morgan fingerprint density at radius 1 is 0.766 bits per heavy atom. The number of alkyl halides is 6. The fourth-order valence-electron chi connectivity index (χ4n) is 7.00. The summed E-state index contributed by atoms with van der Waals surface area (Å²) in [5.74, 6) is -7.23. The number of phenols is 2. The molecule has 1 heterocycles. The average Bonchev–Trinajstić information content (AvgIpc) is 3.68. The lowest BCUT2D eigenvalue weighted by Gasteiger charge is -2.39. The van der Waals surface area contributed by atoms with Gasteiger partial charge in [-0.1, -0.05) is 36.4 Å². The maximum atomic E-state index is 15.1. The molecule has 1 saturated heterocycles. The Labute approximate surface area is 262 Å². The molecule has 0 aromatic heterocycles. The molecule has 2 bridgehead atoms. The Bertz CT molecular complexity index is 1840. The zero-order valence-electron chi connectivity index (χ0n) is 24.2. The van der Waals surface area contributed by atoms with Gasteiger partial charge < -0.3 is 15.5 Å². The molecule has 4 atom stereocenters. The average molecular weight is 659 g/mol. The zero-order valence-corrected chi connectivity index (χ0v) is 24.2. The molecule has 3 aromatic carbocycles. The third-order valence-electron chi connectivity index (χ3n) is 9.18. The number of nitrogens with zero attached hydrogens (tertiary/aromatic N) is 1. The lowest BCUT2D eigenvalue weighted by molar-refractivity contribution is -0.288. The minimum absolute atomic E-state index is 0.106. The maximum absolute atomic E-state index is 15.1. The van der Waals surface area contributed by atoms with Crippen molar-refractivity contribution in [1.29, 1.82) is 0 Å². The number of fused-ring (bicyclic) bond motifs is 5. The molecule has 8 nitrogen and oxygen atoms in total. The number of benzene rings is 3. The number of carbonyl (C=O) groups excluding carboxylic acids is 4. The van der Waals surface area contributed by atoms with Crippen LogP contribution in [-0.4, -0.2) is 46.1 Å². The van der Waals surface area contributed by atoms with Gasteiger partial charge in [-0.15, -0.1) is 0 Å². The molecule has 1 saturated carbocycles. The maximum Gasteiger partial charge on any atom is 0.411 e. The van der Waals surface area contributed by atoms with Crippen molar-refractivity contribution in [1.82, 2.24) is 0 Å². The molecule has 2 aliphatic carbocycles. The van der Waals surface area contributed by atoms with E-state index >= 15 is 26.3 Å². The van der Waals surface area contributed by atoms with Crippen LogP contribution in [0.4, 0.5) is 37.7 Å². The van der Waals surface area contributed by atoms with E-state index in [0.717, 1.165) is 6.07 Å². The molecule has 3 amide bonds. The van der Waals surface area contributed by atoms with Gasteiger partial charge in [0.05, 0.1) is 23.2 Å². The molecule has 14 heteroatoms. The minimum atomic E-state index is -6.13. The molecule has 47 heavy (non-hydrogen) atoms. The number of hydrogen-bond donors (Lipinski definition) is 3. The molecular weight excluding hydrogens is 634 g/mol. The first-order chi connectivity index (χ1) is 22.0. The number of hydrogen-bond acceptors (Lipinski definition) is 6. The third kappa shape index (κ3) is 4.76. The van der Waals surface area contributed by atoms with Gasteiger partial charge in [0.1, 0.15) is 11.5 Å². The fraction of sp³-hybridized carbons (Fsp3) is 0.273. The predicted octanol–water partition coefficient (Wildman–Crippen LogP) is 6.27. The standard InChI is InChI=1S/C33H24F6N2O6/c1-15(42)16-3-2-4-19(11-16)28(45)40-22-13-20(7-9-24(22)43)31(32(34,35)36,33(37,38)39)21-8-10-25(44)23(14-21)41-29(46)26-17-5-6-18(12-17)27(26)30(41)47/h2-11,13-14,17-18,26-27,43-44H,12H2,1H3,(H,40,45). The summed E-state index contributed by atoms with van der Waals surface area (Å²) >= 11 is 0. The van der Waals surface area contributed by atoms with E-state index in [2.05, 4.69) is 5.32 Å². The Hall–Kier alpha value is -5.14. The highest BCUT2D eigenvalue weighted by Gasteiger charge is 2.73. The van der Waals surface area contributed by atoms with Crippen LogP contribution in [0.1, 0.15) is 45.2 Å². The molecule has 0 radical (unpaired) electrons. The molecular formula is C33H24F6N2O6. The number of halogens is 6. The predicted molar refractivity (Wildman–Crippen MR) is 154 cm³/mol. The van der Waals surface area contributed by atoms with Crippen molar-refractivity contribution >= 4 is 34.9 Å². The third-order valence-corrected chi connectivity index (χ3v) is 9.18. The van der Waals surface area contributed by atoms with Crippen LogP contribution in [0, 0.1) is 23.7 Å². The van der Waals surface area contributed by atoms with Crippen molar-refractivity contribution in [2.75, 3.05) is 10.2 Å². The van der Waals surface area contributed by atoms with Gasteiger partial charge in [0.25, 0.3) is 5.91 Å². The summed E-state index contributed by atoms with van der Waals surface area (Å²) in [4.78, 5) is 51.8. The molecule has 244 valence electrons. The van der Waals surface area contributed by atoms with Crippen LogP contribution in [0.15, 0.2) is 72.8 Å². The number of ketones is 1. The Kier molecular flexibility index (Phi) is 7.25. The Morgan fingerprint density at radius 2 is 1.30 bits per heavy atom. The van der Waals surface area contributed by atoms with Crippen LogP contribution < -0.4 is 10.2 Å². The fourth-order valence-corrected chi connectivity index (χ4v) is 7.00. The lowest BCUT2D eigenvalue weighted by Crippen LogP contribution is -2.54. The summed E-state index contributed by atoms with van der Waals surface area (Å²) in [5.41, 5.74) is -9.50. The lowest BCUT2D eigenvalue weighted by atomic mass is 9.72. The highest BCUT2D eigenvalue weighted by atomic mass is 19.4. The summed E-state index contributed by atoms with van der Waals surface area (Å²) < 4.78 is 90.4. The van der Waals surface area contributed by atoms with Gasteiger partial charge in [-0.3, -0.25) is 19.2 Å². The number of allylic oxidation sites excluding steroid dienone is 2. The number of amides is 3. The van der Waals surface area contributed by atoms with Gasteiger partial charge in [0.15, 0.2) is 5.78 Å². The van der Waals surface area contributed by atoms with Gasteiger partial charge in [-0.25, -0.2) is 4.90 Å². The molecule has 6 rings (SSSR count). The van der Waals surface area contributed by atoms with Crippen molar-refractivity contribution < 1.29 is 55.7 Å². The normalized spacial score (nSPS) is 22.1. The summed E-state index contributed by atoms with van der Waals surface area (Å²) in [6.07, 6.45) is -8.26. The minimum Gasteiger partial charge on any atom is -0.506 e. The number of Topliss-reactive ketones (excluding diaryl/α,β-unsaturated/α-hetero) is 1. The Morgan fingerprint density at radius 3 is 1.85 bits per heavy atom. The molecule has 0 spiro atoms. The van der Waals surface area contributed by atoms with Gasteiger partial charge in [-0.05, 0) is 72.7 Å². The van der Waals surface area contributed by atoms with E-state index in [1.807, 2.05) is 0 Å². The van der Waals surface area contributed by atoms with Crippen LogP contribution in [0.5, 0.6) is 11.5 Å². The Balaban J connectivity index is 1.47. The SMILES string of the molecule is CC(=O)c1cccc(C(=O)Nc2cc(C(c3ccc(O)c(N4C(=O)C5C6C=CC(C6)C5C4=O)c3)(C(F)(F)F)C(F)(F)F)ccc2O)c1. The van der Waals surface area contributed by atoms with E-state index in [4.69, 9.17) is 0 Å². The molecule has 2 fully saturated rings. The number of nitrogens with one attached hydrogen (secondary N) is 1. The van der Waals surface area contributed by atoms with Crippen LogP contribution in [0.25, 0.3) is 0 Å². The summed E-state index contributed by atoms with van der Waals surface area (Å²) in [5, 5.41) is 23.1. The van der Waals surface area contributed by atoms with Gasteiger partial charge >= 0.3 is 12.4 Å². The summed E-state index contributed by atoms with van der Waals surface area (Å²) in [7, 11) is 0. The first-order valence-corrected chi connectivity index (χ1v) is 14.3. The van der Waals surface area contributed by atoms with Crippen molar-refractivity contribution in [2.45, 2.75) is 31.1 Å². The summed E-state index contributed by atoms with van der Waals surface area (Å²) in [6, 6.07) is 7.62. The number of phenolic OH excluding ortho intramolecular Hbond substituents is 2. The molecule has 3 aromatic rings. The van der Waals surface area contributed by atoms with E-state index in [1.54, 1.807) is 12.2 Å². The van der Waals surface area contributed by atoms with Crippen molar-refractivity contribution in [3.8, 4) is 11.5 Å². The smallest absolute Gasteiger partial charge is 0.411 e. The number of carbonyl (C=O) groups is 4. The van der Waals surface area contributed by atoms with E-state index in [-0.39, 0.29) is 23.0 Å². The number of imide groups is 1. The van der Waals surface area contributed by atoms with Crippen LogP contribution >= 0.6 is 0 Å². The van der Waals surface area contributed by atoms with E-state index < -0.39 is 87.1 Å². The van der Waals surface area contributed by atoms with Crippen molar-refractivity contribution in [3.05, 3.63) is 95.1 Å². The van der Waals surface area contributed by atoms with Crippen molar-refractivity contribution in [3.63, 3.8) is 0 Å². The molecule has 4 unspecified atom stereocenters. The van der Waals surface area contributed by atoms with Gasteiger partial charge in [0.2, 0.25) is 17.2 Å². The second-order valence-electron chi connectivity index (χ2n) is 11.8.